The summed E-state index contributed by atoms with van der Waals surface area (Å²) in [5.41, 5.74) is 1.07. The highest BCUT2D eigenvalue weighted by Crippen LogP contribution is 2.16. The number of aryl methyl sites for hydroxylation is 1. The van der Waals surface area contributed by atoms with E-state index in [1.165, 1.54) is 11.4 Å². The minimum Gasteiger partial charge on any atom is -0.361 e. The van der Waals surface area contributed by atoms with Gasteiger partial charge in [-0.15, -0.1) is 0 Å². The SMILES string of the molecule is Cc1ccc(S(=O)(=O)N2CC[NH+](C[C@@H]3C[NH+](CC(C)C)CCO3)CC2)cc1. The number of quaternary nitrogens is 2. The van der Waals surface area contributed by atoms with Crippen molar-refractivity contribution in [3.8, 4) is 0 Å². The molecule has 2 fully saturated rings. The molecule has 1 aromatic rings. The fraction of sp³-hybridized carbons (Fsp3) is 0.700. The van der Waals surface area contributed by atoms with Gasteiger partial charge in [-0.05, 0) is 19.1 Å². The minimum atomic E-state index is -3.37. The molecule has 2 N–H and O–H groups in total. The standard InChI is InChI=1S/C20H33N3O3S/c1-17(2)14-22-12-13-26-19(16-22)15-21-8-10-23(11-9-21)27(24,25)20-6-4-18(3)5-7-20/h4-7,17,19H,8-16H2,1-3H3/p+2/t19-/m1/s1. The quantitative estimate of drug-likeness (QED) is 0.636. The van der Waals surface area contributed by atoms with Gasteiger partial charge in [0.15, 0.2) is 6.10 Å². The summed E-state index contributed by atoms with van der Waals surface area (Å²) in [6.45, 7) is 14.6. The molecule has 1 unspecified atom stereocenters. The van der Waals surface area contributed by atoms with Gasteiger partial charge in [0.2, 0.25) is 10.0 Å². The molecule has 0 aromatic heterocycles. The third-order valence-electron chi connectivity index (χ3n) is 5.63. The third kappa shape index (κ3) is 5.51. The molecule has 2 heterocycles. The Labute approximate surface area is 164 Å². The topological polar surface area (TPSA) is 55.5 Å². The summed E-state index contributed by atoms with van der Waals surface area (Å²) < 4.78 is 33.3. The smallest absolute Gasteiger partial charge is 0.243 e. The van der Waals surface area contributed by atoms with E-state index in [1.54, 1.807) is 21.3 Å². The molecule has 0 bridgehead atoms. The maximum Gasteiger partial charge on any atom is 0.243 e. The summed E-state index contributed by atoms with van der Waals surface area (Å²) in [6, 6.07) is 7.15. The molecule has 2 aliphatic rings. The maximum atomic E-state index is 12.8. The van der Waals surface area contributed by atoms with Crippen LogP contribution in [0.5, 0.6) is 0 Å². The van der Waals surface area contributed by atoms with Crippen molar-refractivity contribution in [1.29, 1.82) is 0 Å². The summed E-state index contributed by atoms with van der Waals surface area (Å²) >= 11 is 0. The number of sulfonamides is 1. The number of ether oxygens (including phenoxy) is 1. The fourth-order valence-electron chi connectivity index (χ4n) is 4.17. The molecule has 0 radical (unpaired) electrons. The van der Waals surface area contributed by atoms with E-state index in [9.17, 15) is 8.42 Å². The zero-order chi connectivity index (χ0) is 19.4. The molecular weight excluding hydrogens is 362 g/mol. The van der Waals surface area contributed by atoms with E-state index in [4.69, 9.17) is 4.74 Å². The molecule has 0 spiro atoms. The molecule has 2 saturated heterocycles. The first-order valence-electron chi connectivity index (χ1n) is 10.2. The predicted octanol–water partition coefficient (Wildman–Crippen LogP) is -1.18. The second-order valence-electron chi connectivity index (χ2n) is 8.47. The van der Waals surface area contributed by atoms with E-state index in [2.05, 4.69) is 13.8 Å². The second-order valence-corrected chi connectivity index (χ2v) is 10.4. The molecule has 0 saturated carbocycles. The second kappa shape index (κ2) is 9.01. The van der Waals surface area contributed by atoms with Crippen LogP contribution < -0.4 is 9.80 Å². The maximum absolute atomic E-state index is 12.8. The lowest BCUT2D eigenvalue weighted by molar-refractivity contribution is -0.935. The number of hydrogen-bond donors (Lipinski definition) is 2. The lowest BCUT2D eigenvalue weighted by atomic mass is 10.1. The van der Waals surface area contributed by atoms with Crippen molar-refractivity contribution in [3.05, 3.63) is 29.8 Å². The first kappa shape index (κ1) is 20.7. The van der Waals surface area contributed by atoms with Crippen molar-refractivity contribution in [2.24, 2.45) is 5.92 Å². The minimum absolute atomic E-state index is 0.294. The fourth-order valence-corrected chi connectivity index (χ4v) is 5.62. The van der Waals surface area contributed by atoms with E-state index in [-0.39, 0.29) is 0 Å². The largest absolute Gasteiger partial charge is 0.361 e. The number of hydrogen-bond acceptors (Lipinski definition) is 3. The van der Waals surface area contributed by atoms with Crippen LogP contribution in [0.4, 0.5) is 0 Å². The monoisotopic (exact) mass is 397 g/mol. The molecule has 6 nitrogen and oxygen atoms in total. The molecular formula is C20H35N3O3S+2. The van der Waals surface area contributed by atoms with Crippen molar-refractivity contribution in [2.75, 3.05) is 59.0 Å². The zero-order valence-corrected chi connectivity index (χ0v) is 17.7. The molecule has 2 atom stereocenters. The summed E-state index contributed by atoms with van der Waals surface area (Å²) in [7, 11) is -3.37. The lowest BCUT2D eigenvalue weighted by Crippen LogP contribution is -3.19. The Balaban J connectivity index is 1.50. The van der Waals surface area contributed by atoms with Crippen LogP contribution in [0.2, 0.25) is 0 Å². The van der Waals surface area contributed by atoms with Crippen molar-refractivity contribution in [3.63, 3.8) is 0 Å². The van der Waals surface area contributed by atoms with E-state index in [0.717, 1.165) is 44.9 Å². The predicted molar refractivity (Wildman–Crippen MR) is 106 cm³/mol. The molecule has 2 aliphatic heterocycles. The van der Waals surface area contributed by atoms with Gasteiger partial charge < -0.3 is 14.5 Å². The van der Waals surface area contributed by atoms with E-state index in [0.29, 0.717) is 30.0 Å². The third-order valence-corrected chi connectivity index (χ3v) is 7.54. The van der Waals surface area contributed by atoms with Crippen LogP contribution >= 0.6 is 0 Å². The van der Waals surface area contributed by atoms with Gasteiger partial charge in [0.05, 0.1) is 44.2 Å². The van der Waals surface area contributed by atoms with Gasteiger partial charge in [0.1, 0.15) is 19.6 Å². The lowest BCUT2D eigenvalue weighted by Gasteiger charge is -2.36. The zero-order valence-electron chi connectivity index (χ0n) is 16.9. The summed E-state index contributed by atoms with van der Waals surface area (Å²) in [4.78, 5) is 3.50. The number of nitrogens with one attached hydrogen (secondary N) is 2. The van der Waals surface area contributed by atoms with E-state index < -0.39 is 10.0 Å². The molecule has 0 aliphatic carbocycles. The highest BCUT2D eigenvalue weighted by atomic mass is 32.2. The van der Waals surface area contributed by atoms with Gasteiger partial charge in [-0.1, -0.05) is 31.5 Å². The number of rotatable bonds is 6. The van der Waals surface area contributed by atoms with Gasteiger partial charge >= 0.3 is 0 Å². The highest BCUT2D eigenvalue weighted by molar-refractivity contribution is 7.89. The number of nitrogens with zero attached hydrogens (tertiary/aromatic N) is 1. The molecule has 27 heavy (non-hydrogen) atoms. The van der Waals surface area contributed by atoms with Crippen LogP contribution in [0, 0.1) is 12.8 Å². The average molecular weight is 398 g/mol. The average Bonchev–Trinajstić information content (AvgIpc) is 2.62. The van der Waals surface area contributed by atoms with Crippen LogP contribution in [0.1, 0.15) is 19.4 Å². The molecule has 152 valence electrons. The Morgan fingerprint density at radius 3 is 2.41 bits per heavy atom. The normalized spacial score (nSPS) is 25.8. The summed E-state index contributed by atoms with van der Waals surface area (Å²) in [5, 5.41) is 0. The Bertz CT molecular complexity index is 698. The first-order valence-corrected chi connectivity index (χ1v) is 11.6. The number of benzene rings is 1. The van der Waals surface area contributed by atoms with Gasteiger partial charge in [0.25, 0.3) is 0 Å². The van der Waals surface area contributed by atoms with Crippen LogP contribution in [0.25, 0.3) is 0 Å². The highest BCUT2D eigenvalue weighted by Gasteiger charge is 2.33. The first-order chi connectivity index (χ1) is 12.8. The van der Waals surface area contributed by atoms with Crippen molar-refractivity contribution >= 4 is 10.0 Å². The number of piperazine rings is 1. The molecule has 1 aromatic carbocycles. The molecule has 3 rings (SSSR count). The molecule has 0 amide bonds. The van der Waals surface area contributed by atoms with Gasteiger partial charge in [-0.25, -0.2) is 8.42 Å². The van der Waals surface area contributed by atoms with Crippen molar-refractivity contribution in [1.82, 2.24) is 4.31 Å². The van der Waals surface area contributed by atoms with E-state index in [1.807, 2.05) is 19.1 Å². The van der Waals surface area contributed by atoms with E-state index >= 15 is 0 Å². The van der Waals surface area contributed by atoms with Crippen LogP contribution in [-0.4, -0.2) is 77.8 Å². The van der Waals surface area contributed by atoms with Crippen LogP contribution in [-0.2, 0) is 14.8 Å². The Hall–Kier alpha value is -0.990. The Morgan fingerprint density at radius 1 is 1.11 bits per heavy atom. The van der Waals surface area contributed by atoms with Gasteiger partial charge in [-0.2, -0.15) is 4.31 Å². The van der Waals surface area contributed by atoms with Crippen LogP contribution in [0.15, 0.2) is 29.2 Å². The molecule has 7 heteroatoms. The van der Waals surface area contributed by atoms with Crippen LogP contribution in [0.3, 0.4) is 0 Å². The summed E-state index contributed by atoms with van der Waals surface area (Å²) in [6.07, 6.45) is 0.294. The van der Waals surface area contributed by atoms with Crippen molar-refractivity contribution < 1.29 is 23.0 Å². The Kier molecular flexibility index (Phi) is 6.92. The Morgan fingerprint density at radius 2 is 1.78 bits per heavy atom. The van der Waals surface area contributed by atoms with Gasteiger partial charge in [-0.3, -0.25) is 0 Å². The summed E-state index contributed by atoms with van der Waals surface area (Å²) in [5.74, 6) is 0.710. The number of morpholine rings is 1. The van der Waals surface area contributed by atoms with Crippen molar-refractivity contribution in [2.45, 2.75) is 31.8 Å². The van der Waals surface area contributed by atoms with Gasteiger partial charge in [0, 0.05) is 5.92 Å².